The van der Waals surface area contributed by atoms with Gasteiger partial charge in [0.05, 0.1) is 5.69 Å². The van der Waals surface area contributed by atoms with Gasteiger partial charge >= 0.3 is 0 Å². The minimum absolute atomic E-state index is 0.0457. The Labute approximate surface area is 141 Å². The van der Waals surface area contributed by atoms with Gasteiger partial charge in [0.1, 0.15) is 5.84 Å². The van der Waals surface area contributed by atoms with Gasteiger partial charge in [-0.1, -0.05) is 51.8 Å². The van der Waals surface area contributed by atoms with Crippen molar-refractivity contribution in [2.24, 2.45) is 5.73 Å². The molecule has 0 saturated heterocycles. The zero-order chi connectivity index (χ0) is 15.7. The monoisotopic (exact) mass is 373 g/mol. The molecule has 0 aliphatic carbocycles. The van der Waals surface area contributed by atoms with Crippen LogP contribution in [0, 0.1) is 5.41 Å². The molecule has 1 aromatic heterocycles. The first-order valence-corrected chi connectivity index (χ1v) is 7.81. The molecular weight excluding hydrogens is 362 g/mol. The maximum absolute atomic E-state index is 7.83. The normalized spacial score (nSPS) is 11.4. The number of aromatic nitrogens is 1. The summed E-state index contributed by atoms with van der Waals surface area (Å²) in [7, 11) is 0. The molecule has 3 aromatic rings. The highest BCUT2D eigenvalue weighted by molar-refractivity contribution is 9.10. The Balaban J connectivity index is 2.07. The third-order valence-corrected chi connectivity index (χ3v) is 4.12. The van der Waals surface area contributed by atoms with E-state index < -0.39 is 0 Å². The maximum Gasteiger partial charge on any atom is 0.125 e. The van der Waals surface area contributed by atoms with Gasteiger partial charge in [-0.25, -0.2) is 0 Å². The molecule has 0 bridgehead atoms. The molecule has 0 fully saturated rings. The summed E-state index contributed by atoms with van der Waals surface area (Å²) in [5.74, 6) is 0.0457. The summed E-state index contributed by atoms with van der Waals surface area (Å²) < 4.78 is 0.976. The Kier molecular flexibility index (Phi) is 4.05. The number of nitrogen functional groups attached to an aromatic ring is 1. The Hall–Kier alpha value is -2.04. The smallest absolute Gasteiger partial charge is 0.125 e. The second-order valence-electron chi connectivity index (χ2n) is 4.90. The Morgan fingerprint density at radius 2 is 1.86 bits per heavy atom. The molecule has 3 nitrogen and oxygen atoms in total. The Bertz CT molecular complexity index is 879. The highest BCUT2D eigenvalue weighted by atomic mass is 79.9. The number of H-pyrrole nitrogens is 1. The van der Waals surface area contributed by atoms with Crippen molar-refractivity contribution in [3.8, 4) is 0 Å². The highest BCUT2D eigenvalue weighted by Crippen LogP contribution is 2.26. The van der Waals surface area contributed by atoms with E-state index in [0.717, 1.165) is 26.6 Å². The quantitative estimate of drug-likeness (QED) is 0.436. The number of hydrogen-bond donors (Lipinski definition) is 3. The van der Waals surface area contributed by atoms with Gasteiger partial charge in [0, 0.05) is 26.0 Å². The Morgan fingerprint density at radius 1 is 1.14 bits per heavy atom. The summed E-state index contributed by atoms with van der Waals surface area (Å²) in [5.41, 5.74) is 9.25. The van der Waals surface area contributed by atoms with Crippen LogP contribution in [-0.2, 0) is 0 Å². The van der Waals surface area contributed by atoms with Gasteiger partial charge in [-0.05, 0) is 35.9 Å². The molecule has 0 radical (unpaired) electrons. The van der Waals surface area contributed by atoms with E-state index in [1.54, 1.807) is 0 Å². The average Bonchev–Trinajstić information content (AvgIpc) is 2.84. The molecule has 4 N–H and O–H groups in total. The first-order chi connectivity index (χ1) is 10.5. The van der Waals surface area contributed by atoms with Crippen LogP contribution in [0.15, 0.2) is 46.9 Å². The van der Waals surface area contributed by atoms with E-state index in [4.69, 9.17) is 22.7 Å². The highest BCUT2D eigenvalue weighted by Gasteiger charge is 2.12. The van der Waals surface area contributed by atoms with Crippen LogP contribution in [0.5, 0.6) is 0 Å². The predicted octanol–water partition coefficient (Wildman–Crippen LogP) is 5.04. The van der Waals surface area contributed by atoms with Crippen LogP contribution >= 0.6 is 27.5 Å². The number of rotatable bonds is 3. The van der Waals surface area contributed by atoms with Gasteiger partial charge in [-0.3, -0.25) is 5.41 Å². The molecule has 2 aromatic carbocycles. The van der Waals surface area contributed by atoms with Gasteiger partial charge in [0.25, 0.3) is 0 Å². The largest absolute Gasteiger partial charge is 0.384 e. The van der Waals surface area contributed by atoms with Gasteiger partial charge in [-0.2, -0.15) is 0 Å². The molecular formula is C17H13BrClN3. The molecule has 5 heteroatoms. The molecule has 0 aliphatic heterocycles. The molecule has 0 spiro atoms. The van der Waals surface area contributed by atoms with Crippen LogP contribution < -0.4 is 5.73 Å². The topological polar surface area (TPSA) is 65.7 Å². The van der Waals surface area contributed by atoms with Crippen molar-refractivity contribution in [1.82, 2.24) is 4.98 Å². The van der Waals surface area contributed by atoms with Crippen molar-refractivity contribution in [2.45, 2.75) is 0 Å². The SMILES string of the molecule is N=C(N)c1c(/C=C/c2ccc(Cl)cc2)[nH]c2cc(Br)ccc12. The average molecular weight is 375 g/mol. The summed E-state index contributed by atoms with van der Waals surface area (Å²) in [4.78, 5) is 3.30. The predicted molar refractivity (Wildman–Crippen MR) is 97.4 cm³/mol. The lowest BCUT2D eigenvalue weighted by atomic mass is 10.1. The minimum atomic E-state index is 0.0457. The van der Waals surface area contributed by atoms with Crippen molar-refractivity contribution in [1.29, 1.82) is 5.41 Å². The molecule has 22 heavy (non-hydrogen) atoms. The summed E-state index contributed by atoms with van der Waals surface area (Å²) in [6, 6.07) is 13.4. The van der Waals surface area contributed by atoms with Crippen LogP contribution in [0.4, 0.5) is 0 Å². The summed E-state index contributed by atoms with van der Waals surface area (Å²) >= 11 is 9.33. The number of halogens is 2. The number of hydrogen-bond acceptors (Lipinski definition) is 1. The van der Waals surface area contributed by atoms with Crippen LogP contribution in [0.2, 0.25) is 5.02 Å². The van der Waals surface area contributed by atoms with E-state index in [0.29, 0.717) is 10.6 Å². The number of amidine groups is 1. The first kappa shape index (κ1) is 14.9. The fraction of sp³-hybridized carbons (Fsp3) is 0. The number of benzene rings is 2. The third-order valence-electron chi connectivity index (χ3n) is 3.37. The molecule has 0 unspecified atom stereocenters. The van der Waals surface area contributed by atoms with Crippen molar-refractivity contribution >= 4 is 56.4 Å². The zero-order valence-electron chi connectivity index (χ0n) is 11.5. The van der Waals surface area contributed by atoms with Crippen molar-refractivity contribution in [3.05, 3.63) is 68.8 Å². The maximum atomic E-state index is 7.83. The lowest BCUT2D eigenvalue weighted by molar-refractivity contribution is 1.39. The van der Waals surface area contributed by atoms with E-state index in [-0.39, 0.29) is 5.84 Å². The van der Waals surface area contributed by atoms with Crippen molar-refractivity contribution in [2.75, 3.05) is 0 Å². The second-order valence-corrected chi connectivity index (χ2v) is 6.25. The van der Waals surface area contributed by atoms with Crippen LogP contribution in [0.1, 0.15) is 16.8 Å². The molecule has 0 atom stereocenters. The van der Waals surface area contributed by atoms with Gasteiger partial charge < -0.3 is 10.7 Å². The van der Waals surface area contributed by atoms with E-state index in [2.05, 4.69) is 20.9 Å². The van der Waals surface area contributed by atoms with E-state index in [1.165, 1.54) is 0 Å². The van der Waals surface area contributed by atoms with Gasteiger partial charge in [0.2, 0.25) is 0 Å². The fourth-order valence-corrected chi connectivity index (χ4v) is 2.85. The number of fused-ring (bicyclic) bond motifs is 1. The van der Waals surface area contributed by atoms with E-state index >= 15 is 0 Å². The standard InChI is InChI=1S/C17H13BrClN3/c18-11-4-7-13-15(9-11)22-14(16(13)17(20)21)8-3-10-1-5-12(19)6-2-10/h1-9,22H,(H3,20,21)/b8-3+. The molecule has 1 heterocycles. The second kappa shape index (κ2) is 5.99. The molecule has 0 amide bonds. The molecule has 3 rings (SSSR count). The summed E-state index contributed by atoms with van der Waals surface area (Å²) in [6.07, 6.45) is 3.89. The summed E-state index contributed by atoms with van der Waals surface area (Å²) in [6.45, 7) is 0. The number of aromatic amines is 1. The Morgan fingerprint density at radius 3 is 2.55 bits per heavy atom. The number of nitrogens with two attached hydrogens (primary N) is 1. The summed E-state index contributed by atoms with van der Waals surface area (Å²) in [5, 5.41) is 9.48. The lowest BCUT2D eigenvalue weighted by Gasteiger charge is -1.99. The lowest BCUT2D eigenvalue weighted by Crippen LogP contribution is -2.11. The third kappa shape index (κ3) is 2.93. The van der Waals surface area contributed by atoms with Gasteiger partial charge in [-0.15, -0.1) is 0 Å². The van der Waals surface area contributed by atoms with Crippen molar-refractivity contribution < 1.29 is 0 Å². The fourth-order valence-electron chi connectivity index (χ4n) is 2.36. The molecule has 110 valence electrons. The molecule has 0 saturated carbocycles. The first-order valence-electron chi connectivity index (χ1n) is 6.64. The van der Waals surface area contributed by atoms with E-state index in [9.17, 15) is 0 Å². The van der Waals surface area contributed by atoms with Gasteiger partial charge in [0.15, 0.2) is 0 Å². The number of nitrogens with one attached hydrogen (secondary N) is 2. The van der Waals surface area contributed by atoms with Crippen LogP contribution in [0.25, 0.3) is 23.1 Å². The zero-order valence-corrected chi connectivity index (χ0v) is 13.9. The minimum Gasteiger partial charge on any atom is -0.384 e. The van der Waals surface area contributed by atoms with E-state index in [1.807, 2.05) is 54.6 Å². The molecule has 0 aliphatic rings. The van der Waals surface area contributed by atoms with Crippen LogP contribution in [-0.4, -0.2) is 10.8 Å². The van der Waals surface area contributed by atoms with Crippen LogP contribution in [0.3, 0.4) is 0 Å². The van der Waals surface area contributed by atoms with Crippen molar-refractivity contribution in [3.63, 3.8) is 0 Å².